The molecule has 0 atom stereocenters. The Labute approximate surface area is 139 Å². The van der Waals surface area contributed by atoms with Crippen LogP contribution >= 0.6 is 11.6 Å². The van der Waals surface area contributed by atoms with Gasteiger partial charge in [-0.3, -0.25) is 0 Å². The van der Waals surface area contributed by atoms with E-state index in [0.717, 1.165) is 5.56 Å². The number of hydrogen-bond acceptors (Lipinski definition) is 3. The number of methoxy groups -OCH3 is 1. The van der Waals surface area contributed by atoms with Crippen LogP contribution in [0.25, 0.3) is 5.70 Å². The molecule has 23 heavy (non-hydrogen) atoms. The molecule has 0 radical (unpaired) electrons. The molecule has 0 unspecified atom stereocenters. The molecule has 0 aliphatic carbocycles. The van der Waals surface area contributed by atoms with Crippen LogP contribution in [-0.2, 0) is 4.74 Å². The van der Waals surface area contributed by atoms with Crippen LogP contribution in [0.4, 0.5) is 8.78 Å². The van der Waals surface area contributed by atoms with Crippen molar-refractivity contribution in [1.82, 2.24) is 4.90 Å². The van der Waals surface area contributed by atoms with Gasteiger partial charge in [-0.1, -0.05) is 18.2 Å². The molecule has 0 fully saturated rings. The van der Waals surface area contributed by atoms with Crippen molar-refractivity contribution in [3.8, 4) is 5.75 Å². The second kappa shape index (κ2) is 8.13. The van der Waals surface area contributed by atoms with Gasteiger partial charge in [-0.15, -0.1) is 0 Å². The van der Waals surface area contributed by atoms with Crippen LogP contribution in [0.1, 0.15) is 5.56 Å². The lowest BCUT2D eigenvalue weighted by molar-refractivity contribution is 0.123. The molecule has 0 saturated heterocycles. The molecule has 3 nitrogen and oxygen atoms in total. The molecule has 1 aliphatic heterocycles. The zero-order valence-electron chi connectivity index (χ0n) is 12.8. The van der Waals surface area contributed by atoms with E-state index in [0.29, 0.717) is 35.4 Å². The summed E-state index contributed by atoms with van der Waals surface area (Å²) in [5, 5.41) is 0.355. The van der Waals surface area contributed by atoms with Gasteiger partial charge in [-0.05, 0) is 42.0 Å². The average molecular weight is 342 g/mol. The Hall–Kier alpha value is -1.85. The third kappa shape index (κ3) is 4.56. The first-order valence-corrected chi connectivity index (χ1v) is 7.45. The maximum atomic E-state index is 12.8. The molecule has 6 heteroatoms. The van der Waals surface area contributed by atoms with Crippen LogP contribution in [-0.4, -0.2) is 38.2 Å². The number of alkyl halides is 2. The molecule has 0 saturated carbocycles. The summed E-state index contributed by atoms with van der Waals surface area (Å²) in [5.41, 5.74) is 1.78. The Morgan fingerprint density at radius 2 is 1.87 bits per heavy atom. The maximum Gasteiger partial charge on any atom is 0.256 e. The Morgan fingerprint density at radius 1 is 1.17 bits per heavy atom. The predicted octanol–water partition coefficient (Wildman–Crippen LogP) is 4.27. The highest BCUT2D eigenvalue weighted by Crippen LogP contribution is 2.33. The molecule has 0 aromatic heterocycles. The van der Waals surface area contributed by atoms with Crippen LogP contribution < -0.4 is 4.74 Å². The van der Waals surface area contributed by atoms with Crippen molar-refractivity contribution in [2.75, 3.05) is 26.9 Å². The third-order valence-corrected chi connectivity index (χ3v) is 3.65. The molecule has 1 heterocycles. The van der Waals surface area contributed by atoms with Gasteiger partial charge < -0.3 is 14.4 Å². The number of allylic oxidation sites excluding steroid dienone is 3. The highest BCUT2D eigenvalue weighted by Gasteiger charge is 2.23. The number of rotatable bonds is 7. The summed E-state index contributed by atoms with van der Waals surface area (Å²) in [6, 6.07) is 7.20. The third-order valence-electron chi connectivity index (χ3n) is 3.31. The van der Waals surface area contributed by atoms with E-state index in [1.165, 1.54) is 4.90 Å². The van der Waals surface area contributed by atoms with E-state index in [1.54, 1.807) is 31.4 Å². The van der Waals surface area contributed by atoms with E-state index in [1.807, 2.05) is 12.1 Å². The van der Waals surface area contributed by atoms with Crippen molar-refractivity contribution < 1.29 is 18.3 Å². The summed E-state index contributed by atoms with van der Waals surface area (Å²) in [6.07, 6.45) is 0.874. The maximum absolute atomic E-state index is 12.8. The molecule has 2 rings (SSSR count). The van der Waals surface area contributed by atoms with E-state index in [9.17, 15) is 8.78 Å². The number of nitrogens with zero attached hydrogens (tertiary/aromatic N) is 1. The number of halogens is 3. The predicted molar refractivity (Wildman–Crippen MR) is 87.6 cm³/mol. The van der Waals surface area contributed by atoms with Crippen molar-refractivity contribution in [2.24, 2.45) is 0 Å². The lowest BCUT2D eigenvalue weighted by Crippen LogP contribution is -2.28. The fourth-order valence-corrected chi connectivity index (χ4v) is 2.34. The van der Waals surface area contributed by atoms with E-state index >= 15 is 0 Å². The van der Waals surface area contributed by atoms with Gasteiger partial charge in [0.1, 0.15) is 12.4 Å². The minimum Gasteiger partial charge on any atom is -0.491 e. The molecule has 1 aliphatic rings. The van der Waals surface area contributed by atoms with Gasteiger partial charge in [-0.25, -0.2) is 8.78 Å². The second-order valence-electron chi connectivity index (χ2n) is 4.88. The topological polar surface area (TPSA) is 21.7 Å². The van der Waals surface area contributed by atoms with Gasteiger partial charge in [0.15, 0.2) is 0 Å². The Balaban J connectivity index is 2.19. The fourth-order valence-electron chi connectivity index (χ4n) is 2.18. The number of hydrogen-bond donors (Lipinski definition) is 0. The number of ether oxygens (including phenoxy) is 2. The zero-order chi connectivity index (χ0) is 16.8. The molecule has 1 aromatic carbocycles. The first-order valence-electron chi connectivity index (χ1n) is 7.07. The van der Waals surface area contributed by atoms with Crippen molar-refractivity contribution >= 4 is 17.3 Å². The van der Waals surface area contributed by atoms with E-state index in [4.69, 9.17) is 21.1 Å². The van der Waals surface area contributed by atoms with E-state index in [2.05, 4.69) is 6.58 Å². The van der Waals surface area contributed by atoms with Gasteiger partial charge in [0.05, 0.1) is 23.9 Å². The smallest absolute Gasteiger partial charge is 0.256 e. The monoisotopic (exact) mass is 341 g/mol. The fraction of sp³-hybridized carbons (Fsp3) is 0.294. The van der Waals surface area contributed by atoms with Crippen LogP contribution in [0.3, 0.4) is 0 Å². The highest BCUT2D eigenvalue weighted by atomic mass is 35.5. The van der Waals surface area contributed by atoms with E-state index in [-0.39, 0.29) is 0 Å². The summed E-state index contributed by atoms with van der Waals surface area (Å²) < 4.78 is 36.1. The standard InChI is InChI=1S/C17H18ClF2NO2/c1-12-15(18)7-8-16(21(12)11-17(19)20)13-3-5-14(6-4-13)23-10-9-22-2/h3-8,17H,1,9-11H2,2H3. The van der Waals surface area contributed by atoms with Crippen molar-refractivity contribution in [3.63, 3.8) is 0 Å². The first-order chi connectivity index (χ1) is 11.0. The van der Waals surface area contributed by atoms with Gasteiger partial charge in [-0.2, -0.15) is 0 Å². The van der Waals surface area contributed by atoms with Gasteiger partial charge in [0, 0.05) is 12.8 Å². The minimum absolute atomic E-state index is 0.355. The largest absolute Gasteiger partial charge is 0.491 e. The molecule has 1 aromatic rings. The molecular weight excluding hydrogens is 324 g/mol. The molecule has 124 valence electrons. The van der Waals surface area contributed by atoms with Crippen molar-refractivity contribution in [3.05, 3.63) is 59.3 Å². The van der Waals surface area contributed by atoms with Gasteiger partial charge in [0.25, 0.3) is 6.43 Å². The lowest BCUT2D eigenvalue weighted by Gasteiger charge is -2.31. The van der Waals surface area contributed by atoms with Crippen LogP contribution in [0.2, 0.25) is 0 Å². The van der Waals surface area contributed by atoms with Crippen molar-refractivity contribution in [2.45, 2.75) is 6.43 Å². The summed E-state index contributed by atoms with van der Waals surface area (Å²) in [6.45, 7) is 4.28. The zero-order valence-corrected chi connectivity index (χ0v) is 13.5. The quantitative estimate of drug-likeness (QED) is 0.691. The molecular formula is C17H18ClF2NO2. The molecule has 0 bridgehead atoms. The summed E-state index contributed by atoms with van der Waals surface area (Å²) in [7, 11) is 1.60. The molecule has 0 amide bonds. The molecule has 0 spiro atoms. The molecule has 0 N–H and O–H groups in total. The van der Waals surface area contributed by atoms with Gasteiger partial charge in [0.2, 0.25) is 0 Å². The van der Waals surface area contributed by atoms with Gasteiger partial charge >= 0.3 is 0 Å². The number of benzene rings is 1. The summed E-state index contributed by atoms with van der Waals surface area (Å²) in [4.78, 5) is 1.42. The SMILES string of the molecule is C=C1C(Cl)=CC=C(c2ccc(OCCOC)cc2)N1CC(F)F. The van der Waals surface area contributed by atoms with Crippen LogP contribution in [0.5, 0.6) is 5.75 Å². The minimum atomic E-state index is -2.49. The second-order valence-corrected chi connectivity index (χ2v) is 5.29. The lowest BCUT2D eigenvalue weighted by atomic mass is 10.1. The Morgan fingerprint density at radius 3 is 2.48 bits per heavy atom. The highest BCUT2D eigenvalue weighted by molar-refractivity contribution is 6.32. The van der Waals surface area contributed by atoms with Crippen LogP contribution in [0.15, 0.2) is 53.7 Å². The Kier molecular flexibility index (Phi) is 6.19. The van der Waals surface area contributed by atoms with Crippen LogP contribution in [0, 0.1) is 0 Å². The van der Waals surface area contributed by atoms with E-state index < -0.39 is 13.0 Å². The summed E-state index contributed by atoms with van der Waals surface area (Å²) in [5.74, 6) is 0.690. The normalized spacial score (nSPS) is 14.8. The first kappa shape index (κ1) is 17.5. The average Bonchev–Trinajstić information content (AvgIpc) is 2.53. The Bertz CT molecular complexity index is 612. The van der Waals surface area contributed by atoms with Crippen molar-refractivity contribution in [1.29, 1.82) is 0 Å². The summed E-state index contributed by atoms with van der Waals surface area (Å²) >= 11 is 5.99.